The molecule has 32 heavy (non-hydrogen) atoms. The van der Waals surface area contributed by atoms with Gasteiger partial charge in [-0.25, -0.2) is 0 Å². The molecular formula is C26H26BO5. The highest BCUT2D eigenvalue weighted by atomic mass is 16.5. The third kappa shape index (κ3) is 3.88. The number of phenolic OH excluding ortho intramolecular Hbond substituents is 3. The largest absolute Gasteiger partial charge is 0.508 e. The molecule has 0 aromatic heterocycles. The zero-order chi connectivity index (χ0) is 23.3. The highest BCUT2D eigenvalue weighted by Crippen LogP contribution is 2.42. The van der Waals surface area contributed by atoms with E-state index in [1.165, 1.54) is 6.07 Å². The number of fused-ring (bicyclic) bond motifs is 3. The van der Waals surface area contributed by atoms with Crippen molar-refractivity contribution in [3.05, 3.63) is 60.7 Å². The average molecular weight is 429 g/mol. The molecule has 4 aromatic carbocycles. The number of aromatic hydroxyl groups is 3. The average Bonchev–Trinajstić information content (AvgIpc) is 2.73. The van der Waals surface area contributed by atoms with E-state index in [4.69, 9.17) is 4.65 Å². The third-order valence-corrected chi connectivity index (χ3v) is 6.21. The van der Waals surface area contributed by atoms with E-state index in [1.807, 2.05) is 44.2 Å². The molecule has 0 aliphatic rings. The Morgan fingerprint density at radius 2 is 1.56 bits per heavy atom. The van der Waals surface area contributed by atoms with Crippen molar-refractivity contribution in [2.24, 2.45) is 0 Å². The van der Waals surface area contributed by atoms with Gasteiger partial charge in [0.05, 0.1) is 11.2 Å². The summed E-state index contributed by atoms with van der Waals surface area (Å²) >= 11 is 0. The van der Waals surface area contributed by atoms with E-state index in [0.717, 1.165) is 32.7 Å². The van der Waals surface area contributed by atoms with Crippen LogP contribution in [-0.2, 0) is 4.65 Å². The molecule has 0 amide bonds. The highest BCUT2D eigenvalue weighted by Gasteiger charge is 2.35. The summed E-state index contributed by atoms with van der Waals surface area (Å²) in [6.45, 7) is 7.07. The Balaban J connectivity index is 1.84. The van der Waals surface area contributed by atoms with Gasteiger partial charge in [-0.15, -0.1) is 0 Å². The van der Waals surface area contributed by atoms with Gasteiger partial charge in [-0.05, 0) is 85.3 Å². The maximum Gasteiger partial charge on any atom is 0.330 e. The van der Waals surface area contributed by atoms with Gasteiger partial charge in [0.2, 0.25) is 0 Å². The van der Waals surface area contributed by atoms with Crippen LogP contribution in [0.1, 0.15) is 27.7 Å². The van der Waals surface area contributed by atoms with Crippen LogP contribution in [0.4, 0.5) is 0 Å². The number of benzene rings is 4. The second kappa shape index (κ2) is 7.73. The predicted octanol–water partition coefficient (Wildman–Crippen LogP) is 4.59. The lowest BCUT2D eigenvalue weighted by molar-refractivity contribution is -0.0893. The first kappa shape index (κ1) is 22.0. The molecule has 0 saturated heterocycles. The van der Waals surface area contributed by atoms with Crippen LogP contribution in [0, 0.1) is 0 Å². The monoisotopic (exact) mass is 429 g/mol. The van der Waals surface area contributed by atoms with Crippen LogP contribution in [0.2, 0.25) is 0 Å². The molecule has 6 heteroatoms. The fourth-order valence-electron chi connectivity index (χ4n) is 3.58. The number of aliphatic hydroxyl groups is 1. The van der Waals surface area contributed by atoms with Gasteiger partial charge >= 0.3 is 7.48 Å². The lowest BCUT2D eigenvalue weighted by atomic mass is 9.81. The van der Waals surface area contributed by atoms with E-state index >= 15 is 0 Å². The molecule has 0 atom stereocenters. The Bertz CT molecular complexity index is 1320. The van der Waals surface area contributed by atoms with Crippen LogP contribution < -0.4 is 5.46 Å². The van der Waals surface area contributed by atoms with Gasteiger partial charge in [0.15, 0.2) is 11.5 Å². The topological polar surface area (TPSA) is 90.2 Å². The Morgan fingerprint density at radius 3 is 2.28 bits per heavy atom. The molecule has 4 rings (SSSR count). The van der Waals surface area contributed by atoms with Crippen molar-refractivity contribution in [2.75, 3.05) is 0 Å². The summed E-state index contributed by atoms with van der Waals surface area (Å²) in [7, 11) is 1.63. The van der Waals surface area contributed by atoms with Gasteiger partial charge < -0.3 is 25.1 Å². The van der Waals surface area contributed by atoms with Gasteiger partial charge in [-0.2, -0.15) is 0 Å². The van der Waals surface area contributed by atoms with Crippen molar-refractivity contribution in [3.63, 3.8) is 0 Å². The van der Waals surface area contributed by atoms with E-state index < -0.39 is 11.2 Å². The Kier molecular flexibility index (Phi) is 5.31. The van der Waals surface area contributed by atoms with Gasteiger partial charge in [0.1, 0.15) is 5.75 Å². The van der Waals surface area contributed by atoms with Crippen molar-refractivity contribution in [1.29, 1.82) is 0 Å². The molecule has 0 heterocycles. The zero-order valence-corrected chi connectivity index (χ0v) is 18.5. The van der Waals surface area contributed by atoms with Gasteiger partial charge in [-0.1, -0.05) is 35.8 Å². The second-order valence-corrected chi connectivity index (χ2v) is 9.12. The van der Waals surface area contributed by atoms with Crippen LogP contribution in [0.5, 0.6) is 17.2 Å². The molecule has 0 fully saturated rings. The smallest absolute Gasteiger partial charge is 0.330 e. The number of phenols is 3. The molecule has 0 bridgehead atoms. The predicted molar refractivity (Wildman–Crippen MR) is 129 cm³/mol. The van der Waals surface area contributed by atoms with Crippen LogP contribution in [-0.4, -0.2) is 39.1 Å². The van der Waals surface area contributed by atoms with Crippen molar-refractivity contribution in [2.45, 2.75) is 38.9 Å². The minimum Gasteiger partial charge on any atom is -0.508 e. The van der Waals surface area contributed by atoms with Crippen molar-refractivity contribution < 1.29 is 25.1 Å². The minimum absolute atomic E-state index is 0.107. The Hall–Kier alpha value is -3.22. The molecule has 5 nitrogen and oxygen atoms in total. The van der Waals surface area contributed by atoms with Crippen molar-refractivity contribution >= 4 is 34.5 Å². The summed E-state index contributed by atoms with van der Waals surface area (Å²) in [6, 6.07) is 17.8. The molecule has 0 aliphatic carbocycles. The van der Waals surface area contributed by atoms with E-state index in [9.17, 15) is 20.4 Å². The summed E-state index contributed by atoms with van der Waals surface area (Å²) in [5.74, 6) is -0.271. The molecule has 0 spiro atoms. The first-order chi connectivity index (χ1) is 15.0. The van der Waals surface area contributed by atoms with Crippen LogP contribution >= 0.6 is 0 Å². The summed E-state index contributed by atoms with van der Waals surface area (Å²) in [6.07, 6.45) is 0. The fraction of sp³-hybridized carbons (Fsp3) is 0.231. The number of hydrogen-bond acceptors (Lipinski definition) is 5. The number of hydrogen-bond donors (Lipinski definition) is 4. The summed E-state index contributed by atoms with van der Waals surface area (Å²) in [5, 5.41) is 43.7. The Labute approximate surface area is 187 Å². The quantitative estimate of drug-likeness (QED) is 0.212. The van der Waals surface area contributed by atoms with Crippen molar-refractivity contribution in [1.82, 2.24) is 0 Å². The first-order valence-corrected chi connectivity index (χ1v) is 10.4. The molecular weight excluding hydrogens is 403 g/mol. The summed E-state index contributed by atoms with van der Waals surface area (Å²) in [5.41, 5.74) is 0.769. The second-order valence-electron chi connectivity index (χ2n) is 9.12. The van der Waals surface area contributed by atoms with E-state index in [0.29, 0.717) is 5.39 Å². The minimum atomic E-state index is -1.03. The summed E-state index contributed by atoms with van der Waals surface area (Å²) in [4.78, 5) is 0. The van der Waals surface area contributed by atoms with Crippen LogP contribution in [0.15, 0.2) is 60.7 Å². The normalized spacial score (nSPS) is 12.4. The van der Waals surface area contributed by atoms with Gasteiger partial charge in [0, 0.05) is 5.39 Å². The maximum atomic E-state index is 10.5. The molecule has 0 aliphatic heterocycles. The molecule has 163 valence electrons. The molecule has 0 unspecified atom stereocenters. The van der Waals surface area contributed by atoms with Crippen LogP contribution in [0.3, 0.4) is 0 Å². The lowest BCUT2D eigenvalue weighted by Crippen LogP contribution is -2.49. The van der Waals surface area contributed by atoms with Crippen molar-refractivity contribution in [3.8, 4) is 28.4 Å². The first-order valence-electron chi connectivity index (χ1n) is 10.4. The SMILES string of the molecule is CC(C)(O)C(C)(C)O[B]c1cccc(-c2cc3ccc(O)c(O)c3c3ccc(O)cc23)c1. The van der Waals surface area contributed by atoms with E-state index in [2.05, 4.69) is 0 Å². The lowest BCUT2D eigenvalue weighted by Gasteiger charge is -2.37. The molecule has 4 N–H and O–H groups in total. The van der Waals surface area contributed by atoms with Gasteiger partial charge in [0.25, 0.3) is 0 Å². The van der Waals surface area contributed by atoms with E-state index in [1.54, 1.807) is 45.6 Å². The van der Waals surface area contributed by atoms with E-state index in [-0.39, 0.29) is 17.2 Å². The van der Waals surface area contributed by atoms with Gasteiger partial charge in [-0.3, -0.25) is 0 Å². The molecule has 0 saturated carbocycles. The van der Waals surface area contributed by atoms with Crippen LogP contribution in [0.25, 0.3) is 32.7 Å². The standard InChI is InChI=1S/C26H26BO5/c1-25(2,31)26(3,4)32-27-17-7-5-6-15(12-17)20-13-16-8-11-22(29)24(30)23(16)19-10-9-18(28)14-21(19)20/h5-14,28-31H,1-4H3. The zero-order valence-electron chi connectivity index (χ0n) is 18.5. The maximum absolute atomic E-state index is 10.5. The fourth-order valence-corrected chi connectivity index (χ4v) is 3.58. The highest BCUT2D eigenvalue weighted by molar-refractivity contribution is 6.47. The molecule has 1 radical (unpaired) electrons. The number of rotatable bonds is 5. The molecule has 4 aromatic rings. The Morgan fingerprint density at radius 1 is 0.812 bits per heavy atom. The summed E-state index contributed by atoms with van der Waals surface area (Å²) < 4.78 is 5.90. The third-order valence-electron chi connectivity index (χ3n) is 6.21.